The van der Waals surface area contributed by atoms with Crippen LogP contribution in [0.15, 0.2) is 24.3 Å². The van der Waals surface area contributed by atoms with Crippen LogP contribution in [0, 0.1) is 18.8 Å². The van der Waals surface area contributed by atoms with Gasteiger partial charge in [0.25, 0.3) is 0 Å². The molecular formula is C24H31N5O3S. The summed E-state index contributed by atoms with van der Waals surface area (Å²) in [7, 11) is 0. The smallest absolute Gasteiger partial charge is 0.229 e. The molecule has 176 valence electrons. The zero-order valence-electron chi connectivity index (χ0n) is 19.2. The minimum Gasteiger partial charge on any atom is -0.342 e. The molecule has 2 aromatic rings. The number of nitrogens with one attached hydrogen (secondary N) is 1. The molecule has 33 heavy (non-hydrogen) atoms. The Kier molecular flexibility index (Phi) is 7.37. The molecule has 0 spiro atoms. The summed E-state index contributed by atoms with van der Waals surface area (Å²) in [4.78, 5) is 41.8. The third-order valence-electron chi connectivity index (χ3n) is 6.44. The van der Waals surface area contributed by atoms with E-state index in [4.69, 9.17) is 0 Å². The number of unbranched alkanes of at least 4 members (excludes halogenated alkanes) is 1. The summed E-state index contributed by atoms with van der Waals surface area (Å²) in [6.07, 6.45) is 4.50. The maximum absolute atomic E-state index is 13.1. The van der Waals surface area contributed by atoms with Gasteiger partial charge in [-0.15, -0.1) is 10.2 Å². The van der Waals surface area contributed by atoms with Gasteiger partial charge in [0.2, 0.25) is 22.9 Å². The number of nitrogens with zero attached hydrogens (tertiary/aromatic N) is 4. The summed E-state index contributed by atoms with van der Waals surface area (Å²) in [6.45, 7) is 5.61. The van der Waals surface area contributed by atoms with Crippen molar-refractivity contribution in [3.05, 3.63) is 34.8 Å². The molecule has 9 heteroatoms. The maximum Gasteiger partial charge on any atom is 0.229 e. The summed E-state index contributed by atoms with van der Waals surface area (Å²) in [6, 6.07) is 7.80. The number of aryl methyl sites for hydroxylation is 2. The van der Waals surface area contributed by atoms with Crippen LogP contribution in [0.25, 0.3) is 0 Å². The molecule has 0 aliphatic carbocycles. The number of aromatic nitrogens is 2. The van der Waals surface area contributed by atoms with E-state index in [9.17, 15) is 14.4 Å². The SMILES string of the molecule is CCCCc1nnc(NC(=O)C2CCN(C(=O)C3CC(=O)N(c4ccc(C)cc4)C3)CC2)s1. The molecule has 1 aromatic carbocycles. The lowest BCUT2D eigenvalue weighted by molar-refractivity contribution is -0.138. The lowest BCUT2D eigenvalue weighted by Crippen LogP contribution is -2.44. The Morgan fingerprint density at radius 1 is 1.12 bits per heavy atom. The first-order chi connectivity index (χ1) is 15.9. The highest BCUT2D eigenvalue weighted by atomic mass is 32.1. The summed E-state index contributed by atoms with van der Waals surface area (Å²) in [5, 5.41) is 12.6. The second kappa shape index (κ2) is 10.4. The fourth-order valence-corrected chi connectivity index (χ4v) is 5.19. The molecule has 3 amide bonds. The average molecular weight is 470 g/mol. The largest absolute Gasteiger partial charge is 0.342 e. The topological polar surface area (TPSA) is 95.5 Å². The minimum atomic E-state index is -0.327. The molecule has 1 unspecified atom stereocenters. The van der Waals surface area contributed by atoms with E-state index in [2.05, 4.69) is 22.4 Å². The van der Waals surface area contributed by atoms with E-state index in [0.29, 0.717) is 37.6 Å². The van der Waals surface area contributed by atoms with Crippen LogP contribution in [0.1, 0.15) is 49.6 Å². The van der Waals surface area contributed by atoms with Gasteiger partial charge >= 0.3 is 0 Å². The van der Waals surface area contributed by atoms with E-state index in [1.165, 1.54) is 11.3 Å². The molecule has 0 radical (unpaired) electrons. The Morgan fingerprint density at radius 3 is 2.55 bits per heavy atom. The highest BCUT2D eigenvalue weighted by molar-refractivity contribution is 7.15. The zero-order valence-corrected chi connectivity index (χ0v) is 20.1. The van der Waals surface area contributed by atoms with Crippen LogP contribution in [0.5, 0.6) is 0 Å². The second-order valence-electron chi connectivity index (χ2n) is 8.93. The van der Waals surface area contributed by atoms with E-state index < -0.39 is 0 Å². The van der Waals surface area contributed by atoms with Gasteiger partial charge < -0.3 is 15.1 Å². The van der Waals surface area contributed by atoms with Gasteiger partial charge in [-0.25, -0.2) is 0 Å². The summed E-state index contributed by atoms with van der Waals surface area (Å²) < 4.78 is 0. The molecule has 8 nitrogen and oxygen atoms in total. The number of amides is 3. The van der Waals surface area contributed by atoms with Crippen molar-refractivity contribution in [3.63, 3.8) is 0 Å². The maximum atomic E-state index is 13.1. The van der Waals surface area contributed by atoms with Gasteiger partial charge in [0, 0.05) is 44.1 Å². The van der Waals surface area contributed by atoms with E-state index >= 15 is 0 Å². The van der Waals surface area contributed by atoms with E-state index in [0.717, 1.165) is 35.5 Å². The summed E-state index contributed by atoms with van der Waals surface area (Å²) >= 11 is 1.43. The number of carbonyl (C=O) groups is 3. The average Bonchev–Trinajstić information content (AvgIpc) is 3.44. The zero-order chi connectivity index (χ0) is 23.4. The predicted octanol–water partition coefficient (Wildman–Crippen LogP) is 3.42. The molecule has 0 saturated carbocycles. The molecule has 2 fully saturated rings. The Balaban J connectivity index is 1.26. The molecule has 2 aliphatic heterocycles. The number of rotatable bonds is 7. The number of carbonyl (C=O) groups excluding carboxylic acids is 3. The quantitative estimate of drug-likeness (QED) is 0.670. The molecule has 1 atom stereocenters. The lowest BCUT2D eigenvalue weighted by Gasteiger charge is -2.32. The summed E-state index contributed by atoms with van der Waals surface area (Å²) in [5.41, 5.74) is 1.97. The number of hydrogen-bond acceptors (Lipinski definition) is 6. The molecule has 4 rings (SSSR count). The van der Waals surface area contributed by atoms with Crippen molar-refractivity contribution in [2.24, 2.45) is 11.8 Å². The number of piperidine rings is 1. The summed E-state index contributed by atoms with van der Waals surface area (Å²) in [5.74, 6) is -0.524. The van der Waals surface area contributed by atoms with Gasteiger partial charge in [-0.1, -0.05) is 42.4 Å². The van der Waals surface area contributed by atoms with Crippen LogP contribution < -0.4 is 10.2 Å². The third kappa shape index (κ3) is 5.58. The molecule has 1 aromatic heterocycles. The lowest BCUT2D eigenvalue weighted by atomic mass is 9.94. The van der Waals surface area contributed by atoms with Gasteiger partial charge in [0.05, 0.1) is 5.92 Å². The Labute approximate surface area is 198 Å². The number of hydrogen-bond donors (Lipinski definition) is 1. The third-order valence-corrected chi connectivity index (χ3v) is 7.34. The van der Waals surface area contributed by atoms with Crippen molar-refractivity contribution in [2.75, 3.05) is 29.9 Å². The Hall–Kier alpha value is -2.81. The van der Waals surface area contributed by atoms with Crippen molar-refractivity contribution < 1.29 is 14.4 Å². The predicted molar refractivity (Wildman–Crippen MR) is 128 cm³/mol. The van der Waals surface area contributed by atoms with Crippen molar-refractivity contribution >= 4 is 39.9 Å². The van der Waals surface area contributed by atoms with E-state index in [1.54, 1.807) is 4.90 Å². The van der Waals surface area contributed by atoms with Crippen LogP contribution >= 0.6 is 11.3 Å². The van der Waals surface area contributed by atoms with Gasteiger partial charge in [0.15, 0.2) is 0 Å². The second-order valence-corrected chi connectivity index (χ2v) is 10.00. The molecule has 0 bridgehead atoms. The first kappa shape index (κ1) is 23.4. The van der Waals surface area contributed by atoms with Crippen LogP contribution in [-0.2, 0) is 20.8 Å². The highest BCUT2D eigenvalue weighted by Crippen LogP contribution is 2.28. The fraction of sp³-hybridized carbons (Fsp3) is 0.542. The van der Waals surface area contributed by atoms with Crippen LogP contribution in [0.3, 0.4) is 0 Å². The van der Waals surface area contributed by atoms with Gasteiger partial charge in [-0.05, 0) is 38.3 Å². The monoisotopic (exact) mass is 469 g/mol. The molecule has 3 heterocycles. The van der Waals surface area contributed by atoms with Crippen LogP contribution in [0.2, 0.25) is 0 Å². The normalized spacial score (nSPS) is 19.2. The molecule has 2 saturated heterocycles. The van der Waals surface area contributed by atoms with Gasteiger partial charge in [-0.2, -0.15) is 0 Å². The van der Waals surface area contributed by atoms with Gasteiger partial charge in [0.1, 0.15) is 5.01 Å². The first-order valence-electron chi connectivity index (χ1n) is 11.7. The Morgan fingerprint density at radius 2 is 1.85 bits per heavy atom. The number of benzene rings is 1. The molecular weight excluding hydrogens is 438 g/mol. The van der Waals surface area contributed by atoms with E-state index in [-0.39, 0.29) is 36.0 Å². The number of anilines is 2. The van der Waals surface area contributed by atoms with Gasteiger partial charge in [-0.3, -0.25) is 14.4 Å². The highest BCUT2D eigenvalue weighted by Gasteiger charge is 2.38. The fourth-order valence-electron chi connectivity index (χ4n) is 4.41. The molecule has 1 N–H and O–H groups in total. The Bertz CT molecular complexity index is 998. The van der Waals surface area contributed by atoms with Crippen LogP contribution in [-0.4, -0.2) is 52.5 Å². The van der Waals surface area contributed by atoms with Crippen molar-refractivity contribution in [1.29, 1.82) is 0 Å². The van der Waals surface area contributed by atoms with Crippen LogP contribution in [0.4, 0.5) is 10.8 Å². The van der Waals surface area contributed by atoms with Crippen molar-refractivity contribution in [2.45, 2.75) is 52.4 Å². The van der Waals surface area contributed by atoms with E-state index in [1.807, 2.05) is 36.1 Å². The first-order valence-corrected chi connectivity index (χ1v) is 12.5. The molecule has 2 aliphatic rings. The standard InChI is InChI=1S/C24H31N5O3S/c1-3-4-5-20-26-27-24(33-20)25-22(31)17-10-12-28(13-11-17)23(32)18-14-21(30)29(15-18)19-8-6-16(2)7-9-19/h6-9,17-18H,3-5,10-15H2,1-2H3,(H,25,27,31). The van der Waals surface area contributed by atoms with Crippen molar-refractivity contribution in [1.82, 2.24) is 15.1 Å². The number of likely N-dealkylation sites (tertiary alicyclic amines) is 1. The minimum absolute atomic E-state index is 0.0122. The van der Waals surface area contributed by atoms with Crippen molar-refractivity contribution in [3.8, 4) is 0 Å².